The highest BCUT2D eigenvalue weighted by Gasteiger charge is 2.28. The van der Waals surface area contributed by atoms with Crippen LogP contribution in [0.2, 0.25) is 0 Å². The number of carbonyl (C=O) groups excluding carboxylic acids is 1. The molecule has 1 amide bonds. The lowest BCUT2D eigenvalue weighted by atomic mass is 10.2. The number of nitrogens with zero attached hydrogens (tertiary/aromatic N) is 5. The van der Waals surface area contributed by atoms with Crippen LogP contribution in [0.5, 0.6) is 0 Å². The summed E-state index contributed by atoms with van der Waals surface area (Å²) >= 11 is 0. The summed E-state index contributed by atoms with van der Waals surface area (Å²) in [7, 11) is -0.213. The van der Waals surface area contributed by atoms with Gasteiger partial charge in [0.1, 0.15) is 5.69 Å². The van der Waals surface area contributed by atoms with Crippen molar-refractivity contribution in [3.8, 4) is 0 Å². The summed E-state index contributed by atoms with van der Waals surface area (Å²) in [5.41, 5.74) is 0.0890. The van der Waals surface area contributed by atoms with Crippen LogP contribution in [-0.4, -0.2) is 120 Å². The second-order valence-corrected chi connectivity index (χ2v) is 10.1. The Kier molecular flexibility index (Phi) is 8.59. The molecule has 2 saturated heterocycles. The van der Waals surface area contributed by atoms with E-state index in [1.807, 2.05) is 23.9 Å². The molecule has 0 saturated carbocycles. The largest absolute Gasteiger partial charge is 0.379 e. The minimum Gasteiger partial charge on any atom is -0.379 e. The third kappa shape index (κ3) is 6.84. The number of ether oxygens (including phenoxy) is 1. The molecular weight excluding hydrogens is 452 g/mol. The van der Waals surface area contributed by atoms with Crippen LogP contribution in [0.1, 0.15) is 0 Å². The summed E-state index contributed by atoms with van der Waals surface area (Å²) in [6.07, 6.45) is 0. The summed E-state index contributed by atoms with van der Waals surface area (Å²) in [4.78, 5) is 31.1. The Morgan fingerprint density at radius 2 is 1.82 bits per heavy atom. The number of nitrogens with one attached hydrogen (secondary N) is 1. The molecular formula is C20H32N6O6S. The number of rotatable bonds is 9. The number of nitro benzene ring substituents is 1. The van der Waals surface area contributed by atoms with E-state index in [1.54, 1.807) is 4.90 Å². The molecule has 2 aliphatic rings. The summed E-state index contributed by atoms with van der Waals surface area (Å²) in [5.74, 6) is 0.0382. The molecule has 184 valence electrons. The van der Waals surface area contributed by atoms with Crippen LogP contribution in [-0.2, 0) is 19.6 Å². The Hall–Kier alpha value is -2.32. The number of hydrogen-bond acceptors (Lipinski definition) is 9. The van der Waals surface area contributed by atoms with Gasteiger partial charge in [0.2, 0.25) is 15.9 Å². The molecule has 0 radical (unpaired) electrons. The average molecular weight is 485 g/mol. The lowest BCUT2D eigenvalue weighted by molar-refractivity contribution is -0.384. The number of anilines is 1. The van der Waals surface area contributed by atoms with Crippen molar-refractivity contribution < 1.29 is 22.9 Å². The van der Waals surface area contributed by atoms with Crippen LogP contribution < -0.4 is 9.62 Å². The summed E-state index contributed by atoms with van der Waals surface area (Å²) in [5, 5.41) is 11.7. The third-order valence-electron chi connectivity index (χ3n) is 5.74. The van der Waals surface area contributed by atoms with Gasteiger partial charge in [-0.05, 0) is 26.2 Å². The SMILES string of the molecule is CN(C)CCNS(=O)(=O)c1ccc(N2CCN(C(=O)CN3CCOCC3)CC2)c([N+](=O)[O-])c1. The van der Waals surface area contributed by atoms with Crippen LogP contribution in [0.3, 0.4) is 0 Å². The molecule has 12 nitrogen and oxygen atoms in total. The number of hydrogen-bond donors (Lipinski definition) is 1. The zero-order valence-electron chi connectivity index (χ0n) is 19.1. The molecule has 1 N–H and O–H groups in total. The van der Waals surface area contributed by atoms with Gasteiger partial charge in [0, 0.05) is 58.4 Å². The van der Waals surface area contributed by atoms with Gasteiger partial charge in [-0.15, -0.1) is 0 Å². The van der Waals surface area contributed by atoms with Crippen LogP contribution >= 0.6 is 0 Å². The van der Waals surface area contributed by atoms with Gasteiger partial charge < -0.3 is 19.4 Å². The molecule has 33 heavy (non-hydrogen) atoms. The molecule has 1 aromatic rings. The fourth-order valence-electron chi connectivity index (χ4n) is 3.82. The zero-order valence-corrected chi connectivity index (χ0v) is 19.9. The fraction of sp³-hybridized carbons (Fsp3) is 0.650. The first-order chi connectivity index (χ1) is 15.7. The summed E-state index contributed by atoms with van der Waals surface area (Å²) < 4.78 is 32.8. The average Bonchev–Trinajstić information content (AvgIpc) is 2.79. The van der Waals surface area contributed by atoms with Gasteiger partial charge in [0.15, 0.2) is 0 Å². The smallest absolute Gasteiger partial charge is 0.293 e. The highest BCUT2D eigenvalue weighted by atomic mass is 32.2. The van der Waals surface area contributed by atoms with Crippen molar-refractivity contribution in [1.29, 1.82) is 0 Å². The number of morpholine rings is 1. The maximum Gasteiger partial charge on any atom is 0.293 e. The van der Waals surface area contributed by atoms with Crippen molar-refractivity contribution in [2.75, 3.05) is 91.1 Å². The predicted octanol–water partition coefficient (Wildman–Crippen LogP) is -0.584. The molecule has 13 heteroatoms. The number of amides is 1. The van der Waals surface area contributed by atoms with Crippen molar-refractivity contribution in [3.63, 3.8) is 0 Å². The van der Waals surface area contributed by atoms with E-state index in [4.69, 9.17) is 4.74 Å². The molecule has 0 aliphatic carbocycles. The second-order valence-electron chi connectivity index (χ2n) is 8.37. The Balaban J connectivity index is 1.64. The van der Waals surface area contributed by atoms with Gasteiger partial charge in [0.25, 0.3) is 5.69 Å². The molecule has 2 heterocycles. The first-order valence-electron chi connectivity index (χ1n) is 10.9. The van der Waals surface area contributed by atoms with Crippen molar-refractivity contribution in [3.05, 3.63) is 28.3 Å². The molecule has 0 aromatic heterocycles. The molecule has 0 bridgehead atoms. The fourth-order valence-corrected chi connectivity index (χ4v) is 4.86. The molecule has 0 unspecified atom stereocenters. The maximum absolute atomic E-state index is 12.6. The normalized spacial score (nSPS) is 18.0. The highest BCUT2D eigenvalue weighted by molar-refractivity contribution is 7.89. The van der Waals surface area contributed by atoms with Crippen molar-refractivity contribution in [2.24, 2.45) is 0 Å². The van der Waals surface area contributed by atoms with Crippen LogP contribution in [0.15, 0.2) is 23.1 Å². The van der Waals surface area contributed by atoms with Gasteiger partial charge >= 0.3 is 0 Å². The predicted molar refractivity (Wildman–Crippen MR) is 123 cm³/mol. The Morgan fingerprint density at radius 3 is 2.42 bits per heavy atom. The Bertz CT molecular complexity index is 942. The standard InChI is InChI=1S/C20H32N6O6S/c1-22(2)6-5-21-33(30,31)17-3-4-18(19(15-17)26(28)29)24-7-9-25(10-8-24)20(27)16-23-11-13-32-14-12-23/h3-4,15,21H,5-14,16H2,1-2H3. The highest BCUT2D eigenvalue weighted by Crippen LogP contribution is 2.31. The van der Waals surface area contributed by atoms with E-state index in [-0.39, 0.29) is 23.0 Å². The number of sulfonamides is 1. The molecule has 3 rings (SSSR count). The van der Waals surface area contributed by atoms with E-state index in [1.165, 1.54) is 12.1 Å². The lowest BCUT2D eigenvalue weighted by Gasteiger charge is -2.37. The molecule has 0 atom stereocenters. The van der Waals surface area contributed by atoms with Gasteiger partial charge in [-0.3, -0.25) is 19.8 Å². The number of benzene rings is 1. The number of likely N-dealkylation sites (N-methyl/N-ethyl adjacent to an activating group) is 1. The van der Waals surface area contributed by atoms with Crippen molar-refractivity contribution >= 4 is 27.3 Å². The molecule has 1 aromatic carbocycles. The summed E-state index contributed by atoms with van der Waals surface area (Å²) in [6.45, 7) is 5.54. The molecule has 2 fully saturated rings. The van der Waals surface area contributed by atoms with Gasteiger partial charge in [-0.1, -0.05) is 0 Å². The first kappa shape index (κ1) is 25.3. The van der Waals surface area contributed by atoms with Gasteiger partial charge in [-0.25, -0.2) is 13.1 Å². The Morgan fingerprint density at radius 1 is 1.15 bits per heavy atom. The van der Waals surface area contributed by atoms with Crippen molar-refractivity contribution in [2.45, 2.75) is 4.90 Å². The maximum atomic E-state index is 12.6. The zero-order chi connectivity index (χ0) is 24.0. The molecule has 2 aliphatic heterocycles. The number of nitro groups is 1. The minimum atomic E-state index is -3.86. The Labute approximate surface area is 194 Å². The van der Waals surface area contributed by atoms with Gasteiger partial charge in [0.05, 0.1) is 29.6 Å². The van der Waals surface area contributed by atoms with E-state index in [9.17, 15) is 23.3 Å². The number of carbonyl (C=O) groups is 1. The van der Waals surface area contributed by atoms with E-state index in [0.717, 1.165) is 19.2 Å². The van der Waals surface area contributed by atoms with Crippen LogP contribution in [0.4, 0.5) is 11.4 Å². The molecule has 0 spiro atoms. The van der Waals surface area contributed by atoms with Crippen molar-refractivity contribution in [1.82, 2.24) is 19.4 Å². The first-order valence-corrected chi connectivity index (χ1v) is 12.4. The lowest BCUT2D eigenvalue weighted by Crippen LogP contribution is -2.52. The third-order valence-corrected chi connectivity index (χ3v) is 7.20. The van der Waals surface area contributed by atoms with Crippen LogP contribution in [0, 0.1) is 10.1 Å². The number of piperazine rings is 1. The second kappa shape index (κ2) is 11.2. The monoisotopic (exact) mass is 484 g/mol. The topological polar surface area (TPSA) is 129 Å². The van der Waals surface area contributed by atoms with E-state index >= 15 is 0 Å². The van der Waals surface area contributed by atoms with E-state index in [2.05, 4.69) is 9.62 Å². The van der Waals surface area contributed by atoms with E-state index in [0.29, 0.717) is 58.2 Å². The quantitative estimate of drug-likeness (QED) is 0.361. The minimum absolute atomic E-state index is 0.0382. The van der Waals surface area contributed by atoms with Crippen LogP contribution in [0.25, 0.3) is 0 Å². The van der Waals surface area contributed by atoms with Gasteiger partial charge in [-0.2, -0.15) is 0 Å². The van der Waals surface area contributed by atoms with E-state index < -0.39 is 14.9 Å². The summed E-state index contributed by atoms with van der Waals surface area (Å²) in [6, 6.07) is 3.96.